The van der Waals surface area contributed by atoms with Crippen molar-refractivity contribution in [1.29, 1.82) is 0 Å². The summed E-state index contributed by atoms with van der Waals surface area (Å²) in [7, 11) is 0. The average Bonchev–Trinajstić information content (AvgIpc) is 3.23. The summed E-state index contributed by atoms with van der Waals surface area (Å²) in [6.45, 7) is 6.79. The van der Waals surface area contributed by atoms with E-state index in [9.17, 15) is 9.59 Å². The lowest BCUT2D eigenvalue weighted by Gasteiger charge is -2.31. The fourth-order valence-electron chi connectivity index (χ4n) is 4.79. The van der Waals surface area contributed by atoms with Crippen molar-refractivity contribution in [2.45, 2.75) is 52.7 Å². The molecule has 0 amide bonds. The van der Waals surface area contributed by atoms with Crippen LogP contribution in [0.2, 0.25) is 5.02 Å². The number of hydrogen-bond donors (Lipinski definition) is 1. The number of anilines is 1. The number of fused-ring (bicyclic) bond motifs is 2. The molecule has 3 aromatic heterocycles. The van der Waals surface area contributed by atoms with Gasteiger partial charge in [-0.05, 0) is 45.7 Å². The van der Waals surface area contributed by atoms with E-state index in [2.05, 4.69) is 26.7 Å². The van der Waals surface area contributed by atoms with Gasteiger partial charge < -0.3 is 10.6 Å². The fraction of sp³-hybridized carbons (Fsp3) is 0.400. The van der Waals surface area contributed by atoms with E-state index in [-0.39, 0.29) is 19.1 Å². The highest BCUT2D eigenvalue weighted by Crippen LogP contribution is 2.24. The van der Waals surface area contributed by atoms with Crippen LogP contribution in [0.25, 0.3) is 16.6 Å². The lowest BCUT2D eigenvalue weighted by atomic mass is 10.1. The Morgan fingerprint density at radius 2 is 2.00 bits per heavy atom. The second-order valence-electron chi connectivity index (χ2n) is 9.04. The number of aryl methyl sites for hydroxylation is 2. The van der Waals surface area contributed by atoms with Crippen LogP contribution >= 0.6 is 11.6 Å². The Balaban J connectivity index is 1.69. The molecule has 1 atom stereocenters. The second kappa shape index (κ2) is 9.41. The summed E-state index contributed by atoms with van der Waals surface area (Å²) in [5.41, 5.74) is 7.27. The molecule has 2 N–H and O–H groups in total. The molecule has 1 fully saturated rings. The van der Waals surface area contributed by atoms with Crippen molar-refractivity contribution in [3.63, 3.8) is 0 Å². The van der Waals surface area contributed by atoms with Crippen molar-refractivity contribution >= 4 is 34.1 Å². The Hall–Kier alpha value is -3.68. The van der Waals surface area contributed by atoms with Gasteiger partial charge in [0.05, 0.1) is 28.3 Å². The smallest absolute Gasteiger partial charge is 0.339 e. The lowest BCUT2D eigenvalue weighted by Crippen LogP contribution is -2.44. The zero-order valence-corrected chi connectivity index (χ0v) is 21.2. The largest absolute Gasteiger partial charge is 0.352 e. The van der Waals surface area contributed by atoms with Gasteiger partial charge in [0, 0.05) is 24.5 Å². The minimum atomic E-state index is -0.522. The quantitative estimate of drug-likeness (QED) is 0.420. The molecule has 0 spiro atoms. The number of hydrogen-bond acceptors (Lipinski definition) is 7. The number of aromatic nitrogens is 6. The minimum absolute atomic E-state index is 0.0175. The van der Waals surface area contributed by atoms with Gasteiger partial charge in [0.25, 0.3) is 5.56 Å². The Kier molecular flexibility index (Phi) is 6.28. The Labute approximate surface area is 212 Å². The van der Waals surface area contributed by atoms with Gasteiger partial charge >= 0.3 is 5.69 Å². The maximum Gasteiger partial charge on any atom is 0.352 e. The van der Waals surface area contributed by atoms with Gasteiger partial charge in [-0.15, -0.1) is 5.92 Å². The van der Waals surface area contributed by atoms with Crippen LogP contribution in [0, 0.1) is 25.7 Å². The van der Waals surface area contributed by atoms with E-state index < -0.39 is 11.2 Å². The van der Waals surface area contributed by atoms with E-state index in [0.29, 0.717) is 45.8 Å². The van der Waals surface area contributed by atoms with Crippen molar-refractivity contribution in [1.82, 2.24) is 28.7 Å². The Morgan fingerprint density at radius 3 is 2.75 bits per heavy atom. The van der Waals surface area contributed by atoms with Crippen molar-refractivity contribution in [2.24, 2.45) is 5.73 Å². The highest BCUT2D eigenvalue weighted by molar-refractivity contribution is 6.35. The molecule has 0 aliphatic carbocycles. The fourth-order valence-corrected chi connectivity index (χ4v) is 5.10. The molecule has 1 saturated heterocycles. The summed E-state index contributed by atoms with van der Waals surface area (Å²) >= 11 is 6.32. The zero-order valence-electron chi connectivity index (χ0n) is 20.5. The maximum absolute atomic E-state index is 13.7. The maximum atomic E-state index is 13.7. The van der Waals surface area contributed by atoms with E-state index in [1.807, 2.05) is 13.0 Å². The summed E-state index contributed by atoms with van der Waals surface area (Å²) in [6, 6.07) is 5.43. The van der Waals surface area contributed by atoms with Crippen LogP contribution in [0.15, 0.2) is 27.8 Å². The van der Waals surface area contributed by atoms with Gasteiger partial charge in [-0.3, -0.25) is 9.36 Å². The van der Waals surface area contributed by atoms with Crippen LogP contribution in [-0.4, -0.2) is 47.8 Å². The van der Waals surface area contributed by atoms with Gasteiger partial charge in [-0.25, -0.2) is 19.4 Å². The van der Waals surface area contributed by atoms with E-state index in [4.69, 9.17) is 22.3 Å². The third-order valence-corrected chi connectivity index (χ3v) is 6.85. The number of rotatable bonds is 4. The Morgan fingerprint density at radius 1 is 1.19 bits per heavy atom. The van der Waals surface area contributed by atoms with Crippen LogP contribution in [0.5, 0.6) is 0 Å². The third-order valence-electron chi connectivity index (χ3n) is 6.54. The highest BCUT2D eigenvalue weighted by atomic mass is 35.5. The van der Waals surface area contributed by atoms with Crippen molar-refractivity contribution in [2.75, 3.05) is 18.0 Å². The van der Waals surface area contributed by atoms with Crippen LogP contribution < -0.4 is 21.9 Å². The first-order valence-corrected chi connectivity index (χ1v) is 12.2. The molecule has 1 aliphatic rings. The first kappa shape index (κ1) is 24.0. The van der Waals surface area contributed by atoms with Gasteiger partial charge in [0.15, 0.2) is 5.65 Å². The molecule has 10 nitrogen and oxygen atoms in total. The molecule has 0 saturated carbocycles. The lowest BCUT2D eigenvalue weighted by molar-refractivity contribution is 0.485. The Bertz CT molecular complexity index is 1670. The van der Waals surface area contributed by atoms with E-state index in [1.54, 1.807) is 30.7 Å². The number of piperidine rings is 1. The molecule has 1 aromatic carbocycles. The van der Waals surface area contributed by atoms with Crippen LogP contribution in [0.3, 0.4) is 0 Å². The first-order valence-electron chi connectivity index (χ1n) is 11.8. The molecule has 11 heteroatoms. The molecule has 0 bridgehead atoms. The topological polar surface area (TPSA) is 116 Å². The van der Waals surface area contributed by atoms with Crippen LogP contribution in [-0.2, 0) is 13.1 Å². The van der Waals surface area contributed by atoms with E-state index in [1.165, 1.54) is 4.52 Å². The standard InChI is InChI=1S/C25H27ClN8O2/c1-4-5-12-33-24(31-11-7-8-17(27)13-31)30-22-15(2)23(35)32(25(36)34(22)33)14-20-28-16(3)21-18(26)9-6-10-19(21)29-20/h6,9-10,17H,7-8,11-14,27H2,1-3H3/t17-/m1/s1. The van der Waals surface area contributed by atoms with E-state index >= 15 is 0 Å². The molecule has 4 aromatic rings. The molecule has 186 valence electrons. The molecule has 1 aliphatic heterocycles. The third kappa shape index (κ3) is 4.04. The molecule has 4 heterocycles. The normalized spacial score (nSPS) is 15.9. The van der Waals surface area contributed by atoms with Crippen molar-refractivity contribution < 1.29 is 0 Å². The number of nitrogens with two attached hydrogens (primary N) is 1. The SMILES string of the molecule is CC#CCn1c(N2CCC[C@@H](N)C2)nc2c(C)c(=O)n(Cc3nc(C)c4c(Cl)cccc4n3)c(=O)n21. The molecule has 36 heavy (non-hydrogen) atoms. The summed E-state index contributed by atoms with van der Waals surface area (Å²) in [5.74, 6) is 6.84. The first-order chi connectivity index (χ1) is 17.3. The predicted molar refractivity (Wildman–Crippen MR) is 140 cm³/mol. The number of nitrogens with zero attached hydrogens (tertiary/aromatic N) is 7. The van der Waals surface area contributed by atoms with E-state index in [0.717, 1.165) is 29.3 Å². The summed E-state index contributed by atoms with van der Waals surface area (Å²) in [5, 5.41) is 1.30. The molecular weight excluding hydrogens is 480 g/mol. The van der Waals surface area contributed by atoms with Gasteiger partial charge in [0.2, 0.25) is 5.95 Å². The number of benzene rings is 1. The average molecular weight is 507 g/mol. The van der Waals surface area contributed by atoms with Crippen LogP contribution in [0.1, 0.15) is 36.8 Å². The summed E-state index contributed by atoms with van der Waals surface area (Å²) in [6.07, 6.45) is 1.86. The van der Waals surface area contributed by atoms with Crippen LogP contribution in [0.4, 0.5) is 5.95 Å². The van der Waals surface area contributed by atoms with Crippen molar-refractivity contribution in [3.05, 3.63) is 61.1 Å². The molecular formula is C25H27ClN8O2. The molecule has 0 unspecified atom stereocenters. The minimum Gasteiger partial charge on any atom is -0.339 e. The summed E-state index contributed by atoms with van der Waals surface area (Å²) in [4.78, 5) is 43.0. The zero-order chi connectivity index (χ0) is 25.6. The van der Waals surface area contributed by atoms with Gasteiger partial charge in [-0.2, -0.15) is 9.50 Å². The van der Waals surface area contributed by atoms with Gasteiger partial charge in [0.1, 0.15) is 12.4 Å². The van der Waals surface area contributed by atoms with Gasteiger partial charge in [-0.1, -0.05) is 23.6 Å². The molecule has 0 radical (unpaired) electrons. The van der Waals surface area contributed by atoms with Crippen molar-refractivity contribution in [3.8, 4) is 11.8 Å². The summed E-state index contributed by atoms with van der Waals surface area (Å²) < 4.78 is 4.31. The second-order valence-corrected chi connectivity index (χ2v) is 9.45. The molecule has 5 rings (SSSR count). The predicted octanol–water partition coefficient (Wildman–Crippen LogP) is 1.87. The monoisotopic (exact) mass is 506 g/mol. The highest BCUT2D eigenvalue weighted by Gasteiger charge is 2.26. The number of halogens is 1.